The predicted molar refractivity (Wildman–Crippen MR) is 105 cm³/mol. The van der Waals surface area contributed by atoms with Crippen LogP contribution in [0, 0.1) is 20.8 Å². The highest BCUT2D eigenvalue weighted by Gasteiger charge is 2.14. The third kappa shape index (κ3) is 3.11. The average Bonchev–Trinajstić information content (AvgIpc) is 3.17. The van der Waals surface area contributed by atoms with Crippen molar-refractivity contribution < 1.29 is 4.79 Å². The van der Waals surface area contributed by atoms with Gasteiger partial charge in [-0.15, -0.1) is 11.3 Å². The van der Waals surface area contributed by atoms with Gasteiger partial charge in [0.25, 0.3) is 5.91 Å². The number of thiazole rings is 1. The SMILES string of the molecule is Cc1ccn2cc(-c3ccc(NC(=O)c4sc(C)nc4C)cc3)nc2c1. The Kier molecular flexibility index (Phi) is 4.05. The van der Waals surface area contributed by atoms with Crippen LogP contribution >= 0.6 is 11.3 Å². The number of nitrogens with one attached hydrogen (secondary N) is 1. The third-order valence-corrected chi connectivity index (χ3v) is 5.24. The number of imidazole rings is 1. The maximum atomic E-state index is 12.4. The molecule has 3 aromatic heterocycles. The van der Waals surface area contributed by atoms with Crippen molar-refractivity contribution in [2.24, 2.45) is 0 Å². The number of fused-ring (bicyclic) bond motifs is 1. The van der Waals surface area contributed by atoms with E-state index in [-0.39, 0.29) is 5.91 Å². The summed E-state index contributed by atoms with van der Waals surface area (Å²) < 4.78 is 2.01. The molecule has 0 aliphatic heterocycles. The molecule has 1 amide bonds. The van der Waals surface area contributed by atoms with Gasteiger partial charge in [0, 0.05) is 23.6 Å². The first-order valence-electron chi connectivity index (χ1n) is 8.31. The molecule has 0 fully saturated rings. The van der Waals surface area contributed by atoms with Gasteiger partial charge in [-0.2, -0.15) is 0 Å². The van der Waals surface area contributed by atoms with Gasteiger partial charge in [0.1, 0.15) is 10.5 Å². The van der Waals surface area contributed by atoms with Crippen molar-refractivity contribution in [2.45, 2.75) is 20.8 Å². The van der Waals surface area contributed by atoms with E-state index in [0.717, 1.165) is 33.3 Å². The number of nitrogens with zero attached hydrogens (tertiary/aromatic N) is 3. The lowest BCUT2D eigenvalue weighted by molar-refractivity contribution is 0.103. The molecule has 26 heavy (non-hydrogen) atoms. The van der Waals surface area contributed by atoms with E-state index >= 15 is 0 Å². The Morgan fingerprint density at radius 1 is 1.08 bits per heavy atom. The third-order valence-electron chi connectivity index (χ3n) is 4.16. The smallest absolute Gasteiger partial charge is 0.267 e. The molecule has 4 aromatic rings. The molecule has 0 unspecified atom stereocenters. The van der Waals surface area contributed by atoms with Crippen LogP contribution in [0.3, 0.4) is 0 Å². The molecular formula is C20H18N4OS. The highest BCUT2D eigenvalue weighted by molar-refractivity contribution is 7.13. The summed E-state index contributed by atoms with van der Waals surface area (Å²) in [5, 5.41) is 3.82. The zero-order valence-corrected chi connectivity index (χ0v) is 15.6. The van der Waals surface area contributed by atoms with Crippen molar-refractivity contribution in [3.05, 3.63) is 69.9 Å². The van der Waals surface area contributed by atoms with Gasteiger partial charge in [-0.25, -0.2) is 9.97 Å². The Balaban J connectivity index is 1.56. The van der Waals surface area contributed by atoms with Crippen molar-refractivity contribution in [2.75, 3.05) is 5.32 Å². The van der Waals surface area contributed by atoms with E-state index in [2.05, 4.69) is 34.3 Å². The summed E-state index contributed by atoms with van der Waals surface area (Å²) in [6, 6.07) is 11.8. The molecule has 6 heteroatoms. The number of anilines is 1. The van der Waals surface area contributed by atoms with E-state index in [0.29, 0.717) is 4.88 Å². The van der Waals surface area contributed by atoms with Gasteiger partial charge in [-0.3, -0.25) is 4.79 Å². The zero-order chi connectivity index (χ0) is 18.3. The second-order valence-electron chi connectivity index (χ2n) is 6.27. The first-order valence-corrected chi connectivity index (χ1v) is 9.12. The van der Waals surface area contributed by atoms with Gasteiger partial charge < -0.3 is 9.72 Å². The first kappa shape index (κ1) is 16.5. The fraction of sp³-hybridized carbons (Fsp3) is 0.150. The van der Waals surface area contributed by atoms with Crippen molar-refractivity contribution in [1.29, 1.82) is 0 Å². The quantitative estimate of drug-likeness (QED) is 0.578. The Bertz CT molecular complexity index is 1110. The lowest BCUT2D eigenvalue weighted by atomic mass is 10.1. The summed E-state index contributed by atoms with van der Waals surface area (Å²) >= 11 is 1.41. The number of amides is 1. The lowest BCUT2D eigenvalue weighted by Crippen LogP contribution is -2.11. The van der Waals surface area contributed by atoms with E-state index in [4.69, 9.17) is 0 Å². The lowest BCUT2D eigenvalue weighted by Gasteiger charge is -2.05. The van der Waals surface area contributed by atoms with E-state index in [1.165, 1.54) is 16.9 Å². The van der Waals surface area contributed by atoms with Gasteiger partial charge in [-0.05, 0) is 50.6 Å². The number of aromatic nitrogens is 3. The van der Waals surface area contributed by atoms with Crippen molar-refractivity contribution in [3.63, 3.8) is 0 Å². The average molecular weight is 362 g/mol. The molecule has 0 spiro atoms. The summed E-state index contributed by atoms with van der Waals surface area (Å²) in [4.78, 5) is 22.0. The van der Waals surface area contributed by atoms with Crippen molar-refractivity contribution >= 4 is 28.6 Å². The molecule has 4 rings (SSSR count). The minimum absolute atomic E-state index is 0.121. The van der Waals surface area contributed by atoms with E-state index in [1.807, 2.05) is 54.9 Å². The van der Waals surface area contributed by atoms with Crippen LogP contribution < -0.4 is 5.32 Å². The fourth-order valence-corrected chi connectivity index (χ4v) is 3.69. The number of rotatable bonds is 3. The molecule has 0 aliphatic rings. The Hall–Kier alpha value is -2.99. The van der Waals surface area contributed by atoms with Crippen LogP contribution in [0.2, 0.25) is 0 Å². The van der Waals surface area contributed by atoms with E-state index in [1.54, 1.807) is 0 Å². The van der Waals surface area contributed by atoms with Crippen LogP contribution in [0.15, 0.2) is 48.8 Å². The Morgan fingerprint density at radius 2 is 1.85 bits per heavy atom. The summed E-state index contributed by atoms with van der Waals surface area (Å²) in [7, 11) is 0. The topological polar surface area (TPSA) is 59.3 Å². The minimum Gasteiger partial charge on any atom is -0.321 e. The molecule has 0 saturated carbocycles. The Morgan fingerprint density at radius 3 is 2.54 bits per heavy atom. The summed E-state index contributed by atoms with van der Waals surface area (Å²) in [6.07, 6.45) is 4.01. The van der Waals surface area contributed by atoms with Gasteiger partial charge >= 0.3 is 0 Å². The van der Waals surface area contributed by atoms with Crippen LogP contribution in [0.5, 0.6) is 0 Å². The van der Waals surface area contributed by atoms with Crippen molar-refractivity contribution in [1.82, 2.24) is 14.4 Å². The number of hydrogen-bond acceptors (Lipinski definition) is 4. The Labute approximate surface area is 155 Å². The van der Waals surface area contributed by atoms with Crippen LogP contribution in [-0.4, -0.2) is 20.3 Å². The number of carbonyl (C=O) groups excluding carboxylic acids is 1. The normalized spacial score (nSPS) is 11.0. The molecule has 0 bridgehead atoms. The molecule has 1 aromatic carbocycles. The monoisotopic (exact) mass is 362 g/mol. The molecule has 0 atom stereocenters. The van der Waals surface area contributed by atoms with Crippen LogP contribution in [0.1, 0.15) is 25.9 Å². The number of carbonyl (C=O) groups is 1. The van der Waals surface area contributed by atoms with Gasteiger partial charge in [0.2, 0.25) is 0 Å². The molecule has 5 nitrogen and oxygen atoms in total. The molecule has 3 heterocycles. The predicted octanol–water partition coefficient (Wildman–Crippen LogP) is 4.64. The molecule has 0 aliphatic carbocycles. The number of benzene rings is 1. The van der Waals surface area contributed by atoms with Crippen LogP contribution in [0.25, 0.3) is 16.9 Å². The molecule has 0 radical (unpaired) electrons. The largest absolute Gasteiger partial charge is 0.321 e. The molecule has 0 saturated heterocycles. The van der Waals surface area contributed by atoms with Gasteiger partial charge in [-0.1, -0.05) is 12.1 Å². The number of hydrogen-bond donors (Lipinski definition) is 1. The number of aryl methyl sites for hydroxylation is 3. The standard InChI is InChI=1S/C20H18N4OS/c1-12-8-9-24-11-17(23-18(24)10-12)15-4-6-16(7-5-15)22-20(25)19-13(2)21-14(3)26-19/h4-11H,1-3H3,(H,22,25). The van der Waals surface area contributed by atoms with E-state index < -0.39 is 0 Å². The first-order chi connectivity index (χ1) is 12.5. The highest BCUT2D eigenvalue weighted by Crippen LogP contribution is 2.23. The van der Waals surface area contributed by atoms with E-state index in [9.17, 15) is 4.79 Å². The van der Waals surface area contributed by atoms with Gasteiger partial charge in [0.15, 0.2) is 0 Å². The maximum Gasteiger partial charge on any atom is 0.267 e. The van der Waals surface area contributed by atoms with Crippen LogP contribution in [0.4, 0.5) is 5.69 Å². The summed E-state index contributed by atoms with van der Waals surface area (Å²) in [5.41, 5.74) is 5.54. The minimum atomic E-state index is -0.121. The maximum absolute atomic E-state index is 12.4. The second kappa shape index (κ2) is 6.38. The highest BCUT2D eigenvalue weighted by atomic mass is 32.1. The molecule has 130 valence electrons. The second-order valence-corrected chi connectivity index (χ2v) is 7.48. The van der Waals surface area contributed by atoms with Crippen LogP contribution in [-0.2, 0) is 0 Å². The summed E-state index contributed by atoms with van der Waals surface area (Å²) in [6.45, 7) is 5.81. The van der Waals surface area contributed by atoms with Gasteiger partial charge in [0.05, 0.1) is 16.4 Å². The fourth-order valence-electron chi connectivity index (χ4n) is 2.88. The zero-order valence-electron chi connectivity index (χ0n) is 14.8. The van der Waals surface area contributed by atoms with Crippen molar-refractivity contribution in [3.8, 4) is 11.3 Å². The molecule has 1 N–H and O–H groups in total. The number of pyridine rings is 1. The molecular weight excluding hydrogens is 344 g/mol. The summed E-state index contributed by atoms with van der Waals surface area (Å²) in [5.74, 6) is -0.121.